The van der Waals surface area contributed by atoms with Gasteiger partial charge in [0.2, 0.25) is 0 Å². The lowest BCUT2D eigenvalue weighted by Gasteiger charge is -2.24. The molecule has 0 heterocycles. The summed E-state index contributed by atoms with van der Waals surface area (Å²) >= 11 is 0. The zero-order valence-electron chi connectivity index (χ0n) is 8.85. The Kier molecular flexibility index (Phi) is 3.42. The molecule has 4 heteroatoms. The summed E-state index contributed by atoms with van der Waals surface area (Å²) in [4.78, 5) is 0. The van der Waals surface area contributed by atoms with Crippen molar-refractivity contribution in [1.29, 1.82) is 0 Å². The van der Waals surface area contributed by atoms with Gasteiger partial charge in [-0.15, -0.1) is 0 Å². The van der Waals surface area contributed by atoms with Crippen LogP contribution in [0.2, 0.25) is 0 Å². The molecule has 1 unspecified atom stereocenters. The van der Waals surface area contributed by atoms with Crippen molar-refractivity contribution in [3.05, 3.63) is 34.9 Å². The van der Waals surface area contributed by atoms with Crippen LogP contribution in [0, 0.1) is 18.6 Å². The van der Waals surface area contributed by atoms with E-state index >= 15 is 0 Å². The van der Waals surface area contributed by atoms with Crippen molar-refractivity contribution in [3.8, 4) is 0 Å². The maximum Gasteiger partial charge on any atom is 0.135 e. The summed E-state index contributed by atoms with van der Waals surface area (Å²) < 4.78 is 27.0. The lowest BCUT2D eigenvalue weighted by molar-refractivity contribution is 0.0426. The average molecular weight is 215 g/mol. The standard InChI is InChI=1S/C11H15F2NO/c1-7-3-4-8(12)9(10(7)13)11(2,15)5-6-14/h3-4,15H,5-6,14H2,1-2H3. The van der Waals surface area contributed by atoms with Gasteiger partial charge in [-0.3, -0.25) is 0 Å². The van der Waals surface area contributed by atoms with Crippen molar-refractivity contribution >= 4 is 0 Å². The third-order valence-corrected chi connectivity index (χ3v) is 2.45. The Bertz CT molecular complexity index is 364. The van der Waals surface area contributed by atoms with E-state index in [9.17, 15) is 13.9 Å². The van der Waals surface area contributed by atoms with Crippen molar-refractivity contribution < 1.29 is 13.9 Å². The molecule has 1 rings (SSSR count). The molecular weight excluding hydrogens is 200 g/mol. The van der Waals surface area contributed by atoms with Crippen LogP contribution in [0.1, 0.15) is 24.5 Å². The number of aliphatic hydroxyl groups is 1. The predicted molar refractivity (Wildman–Crippen MR) is 54.3 cm³/mol. The molecule has 0 aliphatic rings. The van der Waals surface area contributed by atoms with Gasteiger partial charge in [0.25, 0.3) is 0 Å². The summed E-state index contributed by atoms with van der Waals surface area (Å²) in [7, 11) is 0. The summed E-state index contributed by atoms with van der Waals surface area (Å²) in [5.41, 5.74) is 3.74. The third kappa shape index (κ3) is 2.33. The van der Waals surface area contributed by atoms with Gasteiger partial charge in [-0.05, 0) is 38.4 Å². The molecule has 1 atom stereocenters. The van der Waals surface area contributed by atoms with E-state index in [1.54, 1.807) is 0 Å². The maximum absolute atomic E-state index is 13.6. The fourth-order valence-electron chi connectivity index (χ4n) is 1.56. The molecule has 1 aromatic rings. The maximum atomic E-state index is 13.6. The van der Waals surface area contributed by atoms with Crippen LogP contribution in [0.15, 0.2) is 12.1 Å². The molecule has 0 saturated carbocycles. The first-order chi connectivity index (χ1) is 6.90. The fraction of sp³-hybridized carbons (Fsp3) is 0.455. The van der Waals surface area contributed by atoms with Gasteiger partial charge in [-0.1, -0.05) is 6.07 Å². The summed E-state index contributed by atoms with van der Waals surface area (Å²) in [6.45, 7) is 3.05. The molecule has 0 spiro atoms. The van der Waals surface area contributed by atoms with Crippen LogP contribution in [0.4, 0.5) is 8.78 Å². The molecule has 0 saturated heterocycles. The SMILES string of the molecule is Cc1ccc(F)c(C(C)(O)CCN)c1F. The fourth-order valence-corrected chi connectivity index (χ4v) is 1.56. The van der Waals surface area contributed by atoms with Gasteiger partial charge in [0.1, 0.15) is 11.6 Å². The van der Waals surface area contributed by atoms with Crippen LogP contribution >= 0.6 is 0 Å². The van der Waals surface area contributed by atoms with Crippen LogP contribution in [0.3, 0.4) is 0 Å². The Hall–Kier alpha value is -1.00. The Morgan fingerprint density at radius 3 is 2.53 bits per heavy atom. The van der Waals surface area contributed by atoms with Gasteiger partial charge in [-0.25, -0.2) is 8.78 Å². The molecule has 15 heavy (non-hydrogen) atoms. The van der Waals surface area contributed by atoms with Crippen LogP contribution in [-0.2, 0) is 5.60 Å². The smallest absolute Gasteiger partial charge is 0.135 e. The number of benzene rings is 1. The molecule has 0 fully saturated rings. The van der Waals surface area contributed by atoms with E-state index in [0.29, 0.717) is 5.56 Å². The minimum Gasteiger partial charge on any atom is -0.385 e. The molecule has 0 aliphatic heterocycles. The number of hydrogen-bond acceptors (Lipinski definition) is 2. The van der Waals surface area contributed by atoms with Crippen molar-refractivity contribution in [1.82, 2.24) is 0 Å². The summed E-state index contributed by atoms with van der Waals surface area (Å²) in [6, 6.07) is 2.49. The molecule has 3 N–H and O–H groups in total. The minimum atomic E-state index is -1.56. The van der Waals surface area contributed by atoms with Crippen LogP contribution < -0.4 is 5.73 Å². The lowest BCUT2D eigenvalue weighted by atomic mass is 9.90. The molecule has 0 radical (unpaired) electrons. The van der Waals surface area contributed by atoms with E-state index in [0.717, 1.165) is 6.07 Å². The third-order valence-electron chi connectivity index (χ3n) is 2.45. The topological polar surface area (TPSA) is 46.2 Å². The Morgan fingerprint density at radius 2 is 2.00 bits per heavy atom. The van der Waals surface area contributed by atoms with E-state index in [-0.39, 0.29) is 18.5 Å². The molecular formula is C11H15F2NO. The zero-order valence-corrected chi connectivity index (χ0v) is 8.85. The second-order valence-corrected chi connectivity index (χ2v) is 3.87. The molecule has 0 aromatic heterocycles. The molecule has 2 nitrogen and oxygen atoms in total. The number of halogens is 2. The number of nitrogens with two attached hydrogens (primary N) is 1. The molecule has 84 valence electrons. The molecule has 1 aromatic carbocycles. The van der Waals surface area contributed by atoms with Crippen molar-refractivity contribution in [3.63, 3.8) is 0 Å². The first-order valence-corrected chi connectivity index (χ1v) is 4.77. The predicted octanol–water partition coefficient (Wildman–Crippen LogP) is 1.83. The van der Waals surface area contributed by atoms with E-state index < -0.39 is 17.2 Å². The van der Waals surface area contributed by atoms with Crippen LogP contribution in [0.5, 0.6) is 0 Å². The quantitative estimate of drug-likeness (QED) is 0.808. The van der Waals surface area contributed by atoms with Gasteiger partial charge in [0.15, 0.2) is 0 Å². The van der Waals surface area contributed by atoms with Gasteiger partial charge >= 0.3 is 0 Å². The van der Waals surface area contributed by atoms with E-state index in [2.05, 4.69) is 0 Å². The van der Waals surface area contributed by atoms with Crippen molar-refractivity contribution in [2.24, 2.45) is 5.73 Å². The highest BCUT2D eigenvalue weighted by molar-refractivity contribution is 5.30. The van der Waals surface area contributed by atoms with Gasteiger partial charge in [0, 0.05) is 0 Å². The van der Waals surface area contributed by atoms with E-state index in [4.69, 9.17) is 5.73 Å². The zero-order chi connectivity index (χ0) is 11.6. The van der Waals surface area contributed by atoms with E-state index in [1.165, 1.54) is 19.9 Å². The van der Waals surface area contributed by atoms with Crippen LogP contribution in [-0.4, -0.2) is 11.7 Å². The summed E-state index contributed by atoms with van der Waals surface area (Å²) in [5, 5.41) is 9.91. The highest BCUT2D eigenvalue weighted by Gasteiger charge is 2.30. The second-order valence-electron chi connectivity index (χ2n) is 3.87. The van der Waals surface area contributed by atoms with E-state index in [1.807, 2.05) is 0 Å². The molecule has 0 bridgehead atoms. The summed E-state index contributed by atoms with van der Waals surface area (Å²) in [5.74, 6) is -1.44. The number of hydrogen-bond donors (Lipinski definition) is 2. The largest absolute Gasteiger partial charge is 0.385 e. The first-order valence-electron chi connectivity index (χ1n) is 4.77. The Labute approximate surface area is 87.7 Å². The Balaban J connectivity index is 3.29. The van der Waals surface area contributed by atoms with Gasteiger partial charge in [-0.2, -0.15) is 0 Å². The summed E-state index contributed by atoms with van der Waals surface area (Å²) in [6.07, 6.45) is 0.115. The van der Waals surface area contributed by atoms with Crippen molar-refractivity contribution in [2.75, 3.05) is 6.54 Å². The highest BCUT2D eigenvalue weighted by Crippen LogP contribution is 2.30. The van der Waals surface area contributed by atoms with Crippen LogP contribution in [0.25, 0.3) is 0 Å². The normalized spacial score (nSPS) is 15.1. The van der Waals surface area contributed by atoms with Gasteiger partial charge < -0.3 is 10.8 Å². The van der Waals surface area contributed by atoms with Gasteiger partial charge in [0.05, 0.1) is 11.2 Å². The lowest BCUT2D eigenvalue weighted by Crippen LogP contribution is -2.28. The monoisotopic (exact) mass is 215 g/mol. The minimum absolute atomic E-state index is 0.115. The van der Waals surface area contributed by atoms with Crippen molar-refractivity contribution in [2.45, 2.75) is 25.9 Å². The second kappa shape index (κ2) is 4.24. The number of rotatable bonds is 3. The first kappa shape index (κ1) is 12.1. The molecule has 0 amide bonds. The average Bonchev–Trinajstić information content (AvgIpc) is 2.11. The highest BCUT2D eigenvalue weighted by atomic mass is 19.1. The number of aryl methyl sites for hydroxylation is 1. The Morgan fingerprint density at radius 1 is 1.40 bits per heavy atom. The molecule has 0 aliphatic carbocycles.